The smallest absolute Gasteiger partial charge is 0.0125 e. The highest BCUT2D eigenvalue weighted by Gasteiger charge is 2.37. The lowest BCUT2D eigenvalue weighted by Gasteiger charge is -2.48. The van der Waals surface area contributed by atoms with Crippen LogP contribution in [0.25, 0.3) is 0 Å². The molecular formula is C13H28N2. The van der Waals surface area contributed by atoms with Gasteiger partial charge in [-0.05, 0) is 58.7 Å². The average molecular weight is 212 g/mol. The van der Waals surface area contributed by atoms with Gasteiger partial charge in [-0.3, -0.25) is 4.90 Å². The number of piperidine rings is 1. The van der Waals surface area contributed by atoms with Crippen LogP contribution in [0.15, 0.2) is 0 Å². The first kappa shape index (κ1) is 13.0. The van der Waals surface area contributed by atoms with Crippen LogP contribution >= 0.6 is 0 Å². The first-order valence-corrected chi connectivity index (χ1v) is 6.17. The lowest BCUT2D eigenvalue weighted by Crippen LogP contribution is -2.54. The second-order valence-electron chi connectivity index (χ2n) is 6.61. The Bertz CT molecular complexity index is 203. The molecule has 0 bridgehead atoms. The topological polar surface area (TPSA) is 15.3 Å². The van der Waals surface area contributed by atoms with Gasteiger partial charge in [0.2, 0.25) is 0 Å². The van der Waals surface area contributed by atoms with Crippen LogP contribution in [0.4, 0.5) is 0 Å². The third-order valence-electron chi connectivity index (χ3n) is 3.97. The molecule has 0 aliphatic carbocycles. The first-order chi connectivity index (χ1) is 6.77. The van der Waals surface area contributed by atoms with Gasteiger partial charge in [-0.2, -0.15) is 0 Å². The molecule has 1 saturated heterocycles. The maximum atomic E-state index is 3.34. The van der Waals surface area contributed by atoms with Crippen LogP contribution in [-0.4, -0.2) is 37.1 Å². The molecule has 0 spiro atoms. The summed E-state index contributed by atoms with van der Waals surface area (Å²) in [6.45, 7) is 15.4. The van der Waals surface area contributed by atoms with Crippen molar-refractivity contribution in [2.75, 3.05) is 26.7 Å². The van der Waals surface area contributed by atoms with Crippen molar-refractivity contribution < 1.29 is 0 Å². The van der Waals surface area contributed by atoms with Crippen molar-refractivity contribution in [1.29, 1.82) is 0 Å². The highest BCUT2D eigenvalue weighted by Crippen LogP contribution is 2.37. The van der Waals surface area contributed by atoms with Gasteiger partial charge in [0, 0.05) is 12.1 Å². The van der Waals surface area contributed by atoms with Crippen molar-refractivity contribution in [3.05, 3.63) is 0 Å². The van der Waals surface area contributed by atoms with E-state index < -0.39 is 0 Å². The molecule has 0 aromatic carbocycles. The van der Waals surface area contributed by atoms with Crippen LogP contribution in [0.5, 0.6) is 0 Å². The summed E-state index contributed by atoms with van der Waals surface area (Å²) in [5.41, 5.74) is 0.813. The molecule has 1 unspecified atom stereocenters. The summed E-state index contributed by atoms with van der Waals surface area (Å²) in [7, 11) is 2.06. The Hall–Kier alpha value is -0.0800. The average Bonchev–Trinajstić information content (AvgIpc) is 2.06. The summed E-state index contributed by atoms with van der Waals surface area (Å²) >= 11 is 0. The molecule has 15 heavy (non-hydrogen) atoms. The molecule has 0 radical (unpaired) electrons. The van der Waals surface area contributed by atoms with E-state index in [1.165, 1.54) is 19.5 Å². The van der Waals surface area contributed by atoms with E-state index in [1.807, 2.05) is 0 Å². The molecule has 1 aliphatic heterocycles. The van der Waals surface area contributed by atoms with Crippen molar-refractivity contribution >= 4 is 0 Å². The molecule has 0 saturated carbocycles. The van der Waals surface area contributed by atoms with Crippen molar-refractivity contribution in [1.82, 2.24) is 10.2 Å². The van der Waals surface area contributed by atoms with E-state index in [9.17, 15) is 0 Å². The van der Waals surface area contributed by atoms with Gasteiger partial charge in [-0.15, -0.1) is 0 Å². The predicted octanol–water partition coefficient (Wildman–Crippen LogP) is 2.35. The Morgan fingerprint density at radius 1 is 1.33 bits per heavy atom. The van der Waals surface area contributed by atoms with Crippen LogP contribution in [0.3, 0.4) is 0 Å². The van der Waals surface area contributed by atoms with Gasteiger partial charge in [0.15, 0.2) is 0 Å². The number of hydrogen-bond donors (Lipinski definition) is 1. The fraction of sp³-hybridized carbons (Fsp3) is 1.00. The fourth-order valence-electron chi connectivity index (χ4n) is 2.43. The van der Waals surface area contributed by atoms with E-state index in [4.69, 9.17) is 0 Å². The zero-order valence-corrected chi connectivity index (χ0v) is 11.4. The number of nitrogens with zero attached hydrogens (tertiary/aromatic N) is 1. The molecule has 0 amide bonds. The molecule has 0 aromatic rings. The molecule has 1 atom stereocenters. The van der Waals surface area contributed by atoms with Gasteiger partial charge < -0.3 is 5.32 Å². The molecule has 2 heteroatoms. The Balaban J connectivity index is 2.66. The molecule has 1 rings (SSSR count). The molecule has 90 valence electrons. The van der Waals surface area contributed by atoms with Crippen LogP contribution in [0.2, 0.25) is 0 Å². The minimum Gasteiger partial charge on any atom is -0.319 e. The summed E-state index contributed by atoms with van der Waals surface area (Å²) < 4.78 is 0. The SMILES string of the molecule is CNCC1CN(C(C)(C)C)CCC1(C)C. The summed E-state index contributed by atoms with van der Waals surface area (Å²) in [6, 6.07) is 0. The van der Waals surface area contributed by atoms with Crippen molar-refractivity contribution in [3.8, 4) is 0 Å². The van der Waals surface area contributed by atoms with Crippen molar-refractivity contribution in [2.45, 2.75) is 46.6 Å². The van der Waals surface area contributed by atoms with Gasteiger partial charge in [0.1, 0.15) is 0 Å². The van der Waals surface area contributed by atoms with E-state index in [-0.39, 0.29) is 0 Å². The van der Waals surface area contributed by atoms with Crippen LogP contribution in [0.1, 0.15) is 41.0 Å². The monoisotopic (exact) mass is 212 g/mol. The summed E-state index contributed by atoms with van der Waals surface area (Å²) in [5.74, 6) is 0.774. The summed E-state index contributed by atoms with van der Waals surface area (Å²) in [6.07, 6.45) is 1.32. The van der Waals surface area contributed by atoms with E-state index in [2.05, 4.69) is 51.9 Å². The maximum Gasteiger partial charge on any atom is 0.0125 e. The van der Waals surface area contributed by atoms with Crippen molar-refractivity contribution in [3.63, 3.8) is 0 Å². The van der Waals surface area contributed by atoms with E-state index in [0.29, 0.717) is 11.0 Å². The molecule has 1 N–H and O–H groups in total. The highest BCUT2D eigenvalue weighted by atomic mass is 15.2. The second-order valence-corrected chi connectivity index (χ2v) is 6.61. The Morgan fingerprint density at radius 2 is 1.93 bits per heavy atom. The number of rotatable bonds is 2. The van der Waals surface area contributed by atoms with Gasteiger partial charge in [0.25, 0.3) is 0 Å². The Morgan fingerprint density at radius 3 is 2.40 bits per heavy atom. The van der Waals surface area contributed by atoms with Gasteiger partial charge in [-0.1, -0.05) is 13.8 Å². The van der Waals surface area contributed by atoms with Crippen LogP contribution < -0.4 is 5.32 Å². The lowest BCUT2D eigenvalue weighted by molar-refractivity contribution is 0.00982. The van der Waals surface area contributed by atoms with Crippen LogP contribution in [-0.2, 0) is 0 Å². The number of hydrogen-bond acceptors (Lipinski definition) is 2. The van der Waals surface area contributed by atoms with Gasteiger partial charge >= 0.3 is 0 Å². The number of nitrogens with one attached hydrogen (secondary N) is 1. The first-order valence-electron chi connectivity index (χ1n) is 6.17. The molecule has 1 fully saturated rings. The molecule has 1 heterocycles. The lowest BCUT2D eigenvalue weighted by atomic mass is 9.72. The minimum atomic E-state index is 0.322. The highest BCUT2D eigenvalue weighted by molar-refractivity contribution is 4.91. The van der Waals surface area contributed by atoms with Crippen molar-refractivity contribution in [2.24, 2.45) is 11.3 Å². The Labute approximate surface area is 95.4 Å². The number of likely N-dealkylation sites (tertiary alicyclic amines) is 1. The standard InChI is InChI=1S/C13H28N2/c1-12(2,3)15-8-7-13(4,5)11(10-15)9-14-6/h11,14H,7-10H2,1-6H3. The van der Waals surface area contributed by atoms with E-state index in [1.54, 1.807) is 0 Å². The van der Waals surface area contributed by atoms with E-state index >= 15 is 0 Å². The van der Waals surface area contributed by atoms with Gasteiger partial charge in [-0.25, -0.2) is 0 Å². The molecular weight excluding hydrogens is 184 g/mol. The second kappa shape index (κ2) is 4.42. The van der Waals surface area contributed by atoms with Crippen LogP contribution in [0, 0.1) is 11.3 Å². The fourth-order valence-corrected chi connectivity index (χ4v) is 2.43. The zero-order chi connectivity index (χ0) is 11.7. The third kappa shape index (κ3) is 3.18. The largest absolute Gasteiger partial charge is 0.319 e. The molecule has 2 nitrogen and oxygen atoms in total. The summed E-state index contributed by atoms with van der Waals surface area (Å²) in [5, 5.41) is 3.34. The minimum absolute atomic E-state index is 0.322. The summed E-state index contributed by atoms with van der Waals surface area (Å²) in [4.78, 5) is 2.63. The molecule has 1 aliphatic rings. The quantitative estimate of drug-likeness (QED) is 0.756. The van der Waals surface area contributed by atoms with Gasteiger partial charge in [0.05, 0.1) is 0 Å². The third-order valence-corrected chi connectivity index (χ3v) is 3.97. The van der Waals surface area contributed by atoms with E-state index in [0.717, 1.165) is 12.5 Å². The zero-order valence-electron chi connectivity index (χ0n) is 11.4. The normalized spacial score (nSPS) is 28.0. The maximum absolute atomic E-state index is 3.34. The molecule has 0 aromatic heterocycles. The Kier molecular flexibility index (Phi) is 3.83. The predicted molar refractivity (Wildman–Crippen MR) is 67.1 cm³/mol.